The van der Waals surface area contributed by atoms with E-state index < -0.39 is 0 Å². The molecule has 0 aliphatic rings. The summed E-state index contributed by atoms with van der Waals surface area (Å²) in [5, 5.41) is 3.95. The van der Waals surface area contributed by atoms with Crippen LogP contribution in [0.1, 0.15) is 19.6 Å². The summed E-state index contributed by atoms with van der Waals surface area (Å²) >= 11 is 5.66. The van der Waals surface area contributed by atoms with E-state index in [2.05, 4.69) is 5.16 Å². The average Bonchev–Trinajstić information content (AvgIpc) is 2.78. The van der Waals surface area contributed by atoms with Crippen LogP contribution in [0.15, 0.2) is 34.9 Å². The van der Waals surface area contributed by atoms with Gasteiger partial charge < -0.3 is 9.26 Å². The van der Waals surface area contributed by atoms with Gasteiger partial charge >= 0.3 is 0 Å². The van der Waals surface area contributed by atoms with Crippen LogP contribution in [0.25, 0.3) is 11.3 Å². The molecule has 4 heteroatoms. The van der Waals surface area contributed by atoms with Crippen molar-refractivity contribution in [3.8, 4) is 17.0 Å². The lowest BCUT2D eigenvalue weighted by Gasteiger charge is -2.09. The molecule has 1 heterocycles. The molecule has 3 nitrogen and oxygen atoms in total. The van der Waals surface area contributed by atoms with Crippen molar-refractivity contribution < 1.29 is 9.26 Å². The van der Waals surface area contributed by atoms with Gasteiger partial charge in [0, 0.05) is 11.6 Å². The zero-order valence-corrected chi connectivity index (χ0v) is 10.6. The van der Waals surface area contributed by atoms with E-state index in [0.717, 1.165) is 17.0 Å². The summed E-state index contributed by atoms with van der Waals surface area (Å²) in [6, 6.07) is 9.58. The number of hydrogen-bond acceptors (Lipinski definition) is 3. The molecular formula is C13H14ClNO2. The van der Waals surface area contributed by atoms with E-state index >= 15 is 0 Å². The fourth-order valence-electron chi connectivity index (χ4n) is 1.49. The molecule has 0 aliphatic heterocycles. The highest BCUT2D eigenvalue weighted by Crippen LogP contribution is 2.23. The smallest absolute Gasteiger partial charge is 0.152 e. The van der Waals surface area contributed by atoms with Crippen molar-refractivity contribution in [3.05, 3.63) is 36.1 Å². The van der Waals surface area contributed by atoms with Gasteiger partial charge in [-0.25, -0.2) is 0 Å². The number of rotatable bonds is 4. The molecule has 0 aliphatic carbocycles. The molecule has 0 saturated heterocycles. The quantitative estimate of drug-likeness (QED) is 0.774. The van der Waals surface area contributed by atoms with Gasteiger partial charge in [0.2, 0.25) is 0 Å². The summed E-state index contributed by atoms with van der Waals surface area (Å²) in [4.78, 5) is 0. The maximum absolute atomic E-state index is 5.66. The largest absolute Gasteiger partial charge is 0.491 e. The minimum absolute atomic E-state index is 0.177. The SMILES string of the molecule is CC(C)Oc1ccc(-c2cc(CCl)on2)cc1. The first-order valence-corrected chi connectivity index (χ1v) is 6.01. The fourth-order valence-corrected chi connectivity index (χ4v) is 1.61. The van der Waals surface area contributed by atoms with Gasteiger partial charge in [-0.3, -0.25) is 0 Å². The van der Waals surface area contributed by atoms with Crippen LogP contribution >= 0.6 is 11.6 Å². The Morgan fingerprint density at radius 1 is 1.29 bits per heavy atom. The highest BCUT2D eigenvalue weighted by molar-refractivity contribution is 6.16. The zero-order valence-electron chi connectivity index (χ0n) is 9.81. The van der Waals surface area contributed by atoms with Crippen molar-refractivity contribution in [2.45, 2.75) is 25.8 Å². The Hall–Kier alpha value is -1.48. The molecule has 0 unspecified atom stereocenters. The van der Waals surface area contributed by atoms with E-state index in [9.17, 15) is 0 Å². The highest BCUT2D eigenvalue weighted by Gasteiger charge is 2.06. The first-order chi connectivity index (χ1) is 8.19. The summed E-state index contributed by atoms with van der Waals surface area (Å²) in [6.07, 6.45) is 0.177. The number of hydrogen-bond donors (Lipinski definition) is 0. The molecular weight excluding hydrogens is 238 g/mol. The predicted molar refractivity (Wildman–Crippen MR) is 67.3 cm³/mol. The van der Waals surface area contributed by atoms with E-state index in [1.807, 2.05) is 44.2 Å². The van der Waals surface area contributed by atoms with Gasteiger partial charge in [0.15, 0.2) is 5.76 Å². The fraction of sp³-hybridized carbons (Fsp3) is 0.308. The maximum Gasteiger partial charge on any atom is 0.152 e. The first-order valence-electron chi connectivity index (χ1n) is 5.47. The molecule has 0 saturated carbocycles. The Balaban J connectivity index is 2.17. The summed E-state index contributed by atoms with van der Waals surface area (Å²) < 4.78 is 10.6. The maximum atomic E-state index is 5.66. The molecule has 0 bridgehead atoms. The van der Waals surface area contributed by atoms with Gasteiger partial charge in [-0.05, 0) is 38.1 Å². The average molecular weight is 252 g/mol. The molecule has 0 amide bonds. The topological polar surface area (TPSA) is 35.3 Å². The van der Waals surface area contributed by atoms with Crippen LogP contribution in [0.3, 0.4) is 0 Å². The molecule has 1 aromatic carbocycles. The molecule has 0 spiro atoms. The van der Waals surface area contributed by atoms with E-state index in [1.54, 1.807) is 0 Å². The second kappa shape index (κ2) is 5.23. The molecule has 90 valence electrons. The summed E-state index contributed by atoms with van der Waals surface area (Å²) in [5.74, 6) is 1.86. The number of halogens is 1. The van der Waals surface area contributed by atoms with E-state index in [1.165, 1.54) is 0 Å². The predicted octanol–water partition coefficient (Wildman–Crippen LogP) is 3.87. The van der Waals surface area contributed by atoms with Crippen LogP contribution in [0, 0.1) is 0 Å². The lowest BCUT2D eigenvalue weighted by molar-refractivity contribution is 0.242. The third-order valence-electron chi connectivity index (χ3n) is 2.21. The Bertz CT molecular complexity index is 476. The first kappa shape index (κ1) is 12.0. The number of aromatic nitrogens is 1. The van der Waals surface area contributed by atoms with Crippen molar-refractivity contribution in [2.24, 2.45) is 0 Å². The van der Waals surface area contributed by atoms with Crippen molar-refractivity contribution in [3.63, 3.8) is 0 Å². The van der Waals surface area contributed by atoms with Gasteiger partial charge in [-0.2, -0.15) is 0 Å². The molecule has 1 aromatic heterocycles. The van der Waals surface area contributed by atoms with Crippen molar-refractivity contribution in [1.82, 2.24) is 5.16 Å². The molecule has 0 fully saturated rings. The number of alkyl halides is 1. The summed E-state index contributed by atoms with van der Waals surface area (Å²) in [7, 11) is 0. The van der Waals surface area contributed by atoms with Gasteiger partial charge in [0.05, 0.1) is 12.0 Å². The van der Waals surface area contributed by atoms with Crippen LogP contribution in [0.5, 0.6) is 5.75 Å². The van der Waals surface area contributed by atoms with Crippen molar-refractivity contribution in [1.29, 1.82) is 0 Å². The Labute approximate surface area is 105 Å². The molecule has 0 radical (unpaired) electrons. The van der Waals surface area contributed by atoms with Gasteiger partial charge in [-0.15, -0.1) is 11.6 Å². The van der Waals surface area contributed by atoms with Crippen molar-refractivity contribution in [2.75, 3.05) is 0 Å². The Morgan fingerprint density at radius 3 is 2.53 bits per heavy atom. The number of nitrogens with zero attached hydrogens (tertiary/aromatic N) is 1. The van der Waals surface area contributed by atoms with Crippen LogP contribution in [-0.2, 0) is 5.88 Å². The van der Waals surface area contributed by atoms with Crippen LogP contribution in [0.4, 0.5) is 0 Å². The van der Waals surface area contributed by atoms with E-state index in [4.69, 9.17) is 20.9 Å². The minimum atomic E-state index is 0.177. The second-order valence-electron chi connectivity index (χ2n) is 4.00. The molecule has 2 aromatic rings. The van der Waals surface area contributed by atoms with Crippen LogP contribution < -0.4 is 4.74 Å². The normalized spacial score (nSPS) is 10.8. The van der Waals surface area contributed by atoms with E-state index in [-0.39, 0.29) is 6.10 Å². The Morgan fingerprint density at radius 2 is 2.00 bits per heavy atom. The third-order valence-corrected chi connectivity index (χ3v) is 2.48. The molecule has 0 N–H and O–H groups in total. The van der Waals surface area contributed by atoms with Crippen LogP contribution in [-0.4, -0.2) is 11.3 Å². The van der Waals surface area contributed by atoms with Gasteiger partial charge in [0.25, 0.3) is 0 Å². The third kappa shape index (κ3) is 3.01. The Kier molecular flexibility index (Phi) is 3.69. The lowest BCUT2D eigenvalue weighted by atomic mass is 10.1. The minimum Gasteiger partial charge on any atom is -0.491 e. The summed E-state index contributed by atoms with van der Waals surface area (Å²) in [5.41, 5.74) is 1.78. The molecule has 17 heavy (non-hydrogen) atoms. The summed E-state index contributed by atoms with van der Waals surface area (Å²) in [6.45, 7) is 4.00. The van der Waals surface area contributed by atoms with E-state index in [0.29, 0.717) is 11.6 Å². The second-order valence-corrected chi connectivity index (χ2v) is 4.27. The number of ether oxygens (including phenoxy) is 1. The van der Waals surface area contributed by atoms with Gasteiger partial charge in [-0.1, -0.05) is 5.16 Å². The zero-order chi connectivity index (χ0) is 12.3. The molecule has 0 atom stereocenters. The lowest BCUT2D eigenvalue weighted by Crippen LogP contribution is -2.05. The van der Waals surface area contributed by atoms with Crippen LogP contribution in [0.2, 0.25) is 0 Å². The standard InChI is InChI=1S/C13H14ClNO2/c1-9(2)16-11-5-3-10(4-6-11)13-7-12(8-14)17-15-13/h3-7,9H,8H2,1-2H3. The number of benzene rings is 1. The van der Waals surface area contributed by atoms with Gasteiger partial charge in [0.1, 0.15) is 11.4 Å². The molecule has 2 rings (SSSR count). The van der Waals surface area contributed by atoms with Crippen molar-refractivity contribution >= 4 is 11.6 Å². The monoisotopic (exact) mass is 251 g/mol. The highest BCUT2D eigenvalue weighted by atomic mass is 35.5.